The van der Waals surface area contributed by atoms with Crippen LogP contribution in [0.2, 0.25) is 0 Å². The molecule has 1 N–H and O–H groups in total. The van der Waals surface area contributed by atoms with E-state index in [1.807, 2.05) is 15.6 Å². The molecule has 3 aliphatic rings. The predicted molar refractivity (Wildman–Crippen MR) is 154 cm³/mol. The molecule has 0 amide bonds. The lowest BCUT2D eigenvalue weighted by molar-refractivity contribution is -0.229. The fourth-order valence-corrected chi connectivity index (χ4v) is 6.38. The Morgan fingerprint density at radius 3 is 2.28 bits per heavy atom. The van der Waals surface area contributed by atoms with Crippen molar-refractivity contribution in [3.8, 4) is 11.1 Å². The van der Waals surface area contributed by atoms with Crippen LogP contribution in [0.3, 0.4) is 0 Å². The van der Waals surface area contributed by atoms with Crippen molar-refractivity contribution >= 4 is 11.2 Å². The molecule has 0 radical (unpaired) electrons. The lowest BCUT2D eigenvalue weighted by atomic mass is 9.88. The summed E-state index contributed by atoms with van der Waals surface area (Å²) >= 11 is 0. The van der Waals surface area contributed by atoms with Gasteiger partial charge in [0.25, 0.3) is 0 Å². The van der Waals surface area contributed by atoms with Gasteiger partial charge in [0.2, 0.25) is 6.41 Å². The van der Waals surface area contributed by atoms with Crippen molar-refractivity contribution in [1.82, 2.24) is 19.4 Å². The van der Waals surface area contributed by atoms with Crippen molar-refractivity contribution in [1.29, 1.82) is 0 Å². The Morgan fingerprint density at radius 2 is 1.59 bits per heavy atom. The number of anilines is 1. The number of likely N-dealkylation sites (tertiary alicyclic amines) is 1. The number of ether oxygens (including phenoxy) is 2. The second kappa shape index (κ2) is 11.9. The normalized spacial score (nSPS) is 21.7. The maximum Gasteiger partial charge on any atom is 0.216 e. The van der Waals surface area contributed by atoms with Crippen LogP contribution < -0.4 is 4.90 Å². The number of nitrogens with zero attached hydrogens (tertiary/aromatic N) is 5. The van der Waals surface area contributed by atoms with E-state index in [2.05, 4.69) is 71.3 Å². The van der Waals surface area contributed by atoms with Gasteiger partial charge in [-0.15, -0.1) is 0 Å². The van der Waals surface area contributed by atoms with Crippen LogP contribution in [0.25, 0.3) is 16.6 Å². The number of aliphatic hydroxyl groups excluding tert-OH is 1. The van der Waals surface area contributed by atoms with E-state index in [4.69, 9.17) is 9.47 Å². The number of rotatable bonds is 7. The van der Waals surface area contributed by atoms with Crippen LogP contribution in [0, 0.1) is 0 Å². The number of hydrogen-bond acceptors (Lipinski definition) is 7. The SMILES string of the molecule is CC(C)N1CCC(c2ccc(-c3cc4c(N5CCN(C(O)OC6CCOCC6)CC5)ccnn4c3)cc2)CC1. The third-order valence-corrected chi connectivity index (χ3v) is 8.91. The highest BCUT2D eigenvalue weighted by atomic mass is 16.6. The summed E-state index contributed by atoms with van der Waals surface area (Å²) in [4.78, 5) is 7.01. The van der Waals surface area contributed by atoms with Crippen LogP contribution in [0.15, 0.2) is 48.8 Å². The molecule has 3 aliphatic heterocycles. The molecule has 0 bridgehead atoms. The minimum Gasteiger partial charge on any atom is -0.381 e. The molecule has 0 spiro atoms. The summed E-state index contributed by atoms with van der Waals surface area (Å²) in [5.74, 6) is 0.662. The van der Waals surface area contributed by atoms with Gasteiger partial charge in [0, 0.05) is 63.4 Å². The van der Waals surface area contributed by atoms with E-state index in [-0.39, 0.29) is 6.10 Å². The van der Waals surface area contributed by atoms with Crippen LogP contribution in [-0.2, 0) is 9.47 Å². The smallest absolute Gasteiger partial charge is 0.216 e. The number of fused-ring (bicyclic) bond motifs is 1. The van der Waals surface area contributed by atoms with E-state index in [9.17, 15) is 5.11 Å². The molecule has 6 rings (SSSR count). The van der Waals surface area contributed by atoms with Gasteiger partial charge in [0.15, 0.2) is 0 Å². The van der Waals surface area contributed by atoms with Gasteiger partial charge in [-0.1, -0.05) is 24.3 Å². The summed E-state index contributed by atoms with van der Waals surface area (Å²) in [7, 11) is 0. The maximum atomic E-state index is 10.6. The largest absolute Gasteiger partial charge is 0.381 e. The average molecular weight is 534 g/mol. The van der Waals surface area contributed by atoms with E-state index >= 15 is 0 Å². The summed E-state index contributed by atoms with van der Waals surface area (Å²) in [6.07, 6.45) is 7.44. The standard InChI is InChI=1S/C31H43N5O3/c1-23(2)33-13-8-26(9-14-33)24-3-5-25(6-4-24)27-21-30-29(7-12-32-36(30)22-27)34-15-17-35(18-16-34)31(37)39-28-10-19-38-20-11-28/h3-7,12,21-23,26,28,31,37H,8-11,13-20H2,1-2H3. The molecule has 5 heterocycles. The van der Waals surface area contributed by atoms with Crippen molar-refractivity contribution in [2.75, 3.05) is 57.4 Å². The Balaban J connectivity index is 1.10. The molecule has 3 aromatic rings. The average Bonchev–Trinajstić information content (AvgIpc) is 3.43. The Hall–Kier alpha value is -2.49. The molecule has 1 unspecified atom stereocenters. The van der Waals surface area contributed by atoms with Gasteiger partial charge in [-0.05, 0) is 81.8 Å². The number of piperazine rings is 1. The van der Waals surface area contributed by atoms with Crippen LogP contribution in [0.4, 0.5) is 5.69 Å². The first-order valence-corrected chi connectivity index (χ1v) is 14.8. The minimum absolute atomic E-state index is 0.0812. The van der Waals surface area contributed by atoms with E-state index < -0.39 is 6.41 Å². The second-order valence-corrected chi connectivity index (χ2v) is 11.6. The van der Waals surface area contributed by atoms with Crippen molar-refractivity contribution in [2.24, 2.45) is 0 Å². The first kappa shape index (κ1) is 26.7. The van der Waals surface area contributed by atoms with E-state index in [1.165, 1.54) is 48.3 Å². The zero-order valence-electron chi connectivity index (χ0n) is 23.4. The molecule has 1 aromatic carbocycles. The number of benzene rings is 1. The molecule has 8 nitrogen and oxygen atoms in total. The lowest BCUT2D eigenvalue weighted by Crippen LogP contribution is -2.52. The monoisotopic (exact) mass is 533 g/mol. The first-order valence-electron chi connectivity index (χ1n) is 14.8. The Kier molecular flexibility index (Phi) is 8.18. The van der Waals surface area contributed by atoms with E-state index in [0.717, 1.165) is 44.5 Å². The third-order valence-electron chi connectivity index (χ3n) is 8.91. The number of hydrogen-bond donors (Lipinski definition) is 1. The van der Waals surface area contributed by atoms with Crippen molar-refractivity contribution in [3.05, 3.63) is 54.4 Å². The van der Waals surface area contributed by atoms with Crippen LogP contribution in [0.5, 0.6) is 0 Å². The number of piperidine rings is 1. The fraction of sp³-hybridized carbons (Fsp3) is 0.581. The summed E-state index contributed by atoms with van der Waals surface area (Å²) in [5.41, 5.74) is 6.18. The molecular weight excluding hydrogens is 490 g/mol. The Bertz CT molecular complexity index is 1210. The van der Waals surface area contributed by atoms with Crippen LogP contribution >= 0.6 is 0 Å². The highest BCUT2D eigenvalue weighted by Crippen LogP contribution is 2.32. The Morgan fingerprint density at radius 1 is 0.872 bits per heavy atom. The van der Waals surface area contributed by atoms with Crippen molar-refractivity contribution in [2.45, 2.75) is 64.0 Å². The molecule has 0 aliphatic carbocycles. The topological polar surface area (TPSA) is 65.7 Å². The molecule has 0 saturated carbocycles. The molecule has 3 fully saturated rings. The first-order chi connectivity index (χ1) is 19.0. The minimum atomic E-state index is -0.849. The zero-order chi connectivity index (χ0) is 26.8. The molecule has 2 aromatic heterocycles. The molecule has 3 saturated heterocycles. The number of aliphatic hydroxyl groups is 1. The Labute approximate surface area is 232 Å². The predicted octanol–water partition coefficient (Wildman–Crippen LogP) is 4.18. The van der Waals surface area contributed by atoms with Gasteiger partial charge >= 0.3 is 0 Å². The third kappa shape index (κ3) is 6.00. The molecule has 1 atom stereocenters. The summed E-state index contributed by atoms with van der Waals surface area (Å²) < 4.78 is 13.3. The lowest BCUT2D eigenvalue weighted by Gasteiger charge is -2.39. The van der Waals surface area contributed by atoms with Gasteiger partial charge in [0.05, 0.1) is 17.3 Å². The summed E-state index contributed by atoms with van der Waals surface area (Å²) in [5, 5.41) is 15.3. The summed E-state index contributed by atoms with van der Waals surface area (Å²) in [6.45, 7) is 11.6. The van der Waals surface area contributed by atoms with E-state index in [0.29, 0.717) is 25.2 Å². The van der Waals surface area contributed by atoms with Gasteiger partial charge in [-0.3, -0.25) is 4.90 Å². The second-order valence-electron chi connectivity index (χ2n) is 11.6. The van der Waals surface area contributed by atoms with E-state index in [1.54, 1.807) is 0 Å². The highest BCUT2D eigenvalue weighted by Gasteiger charge is 2.27. The zero-order valence-corrected chi connectivity index (χ0v) is 23.4. The van der Waals surface area contributed by atoms with Gasteiger partial charge in [0.1, 0.15) is 0 Å². The van der Waals surface area contributed by atoms with Gasteiger partial charge in [-0.2, -0.15) is 5.10 Å². The number of aromatic nitrogens is 2. The quantitative estimate of drug-likeness (QED) is 0.457. The summed E-state index contributed by atoms with van der Waals surface area (Å²) in [6, 6.07) is 14.2. The van der Waals surface area contributed by atoms with Gasteiger partial charge < -0.3 is 24.4 Å². The highest BCUT2D eigenvalue weighted by molar-refractivity contribution is 5.80. The molecular formula is C31H43N5O3. The van der Waals surface area contributed by atoms with Crippen molar-refractivity contribution in [3.63, 3.8) is 0 Å². The fourth-order valence-electron chi connectivity index (χ4n) is 6.38. The molecule has 8 heteroatoms. The van der Waals surface area contributed by atoms with Crippen LogP contribution in [0.1, 0.15) is 51.0 Å². The van der Waals surface area contributed by atoms with Gasteiger partial charge in [-0.25, -0.2) is 4.52 Å². The van der Waals surface area contributed by atoms with Crippen LogP contribution in [-0.4, -0.2) is 95.6 Å². The maximum absolute atomic E-state index is 10.6. The molecule has 210 valence electrons. The molecule has 39 heavy (non-hydrogen) atoms. The van der Waals surface area contributed by atoms with Crippen molar-refractivity contribution < 1.29 is 14.6 Å².